The largest absolute Gasteiger partial charge is 0.320 e. The average Bonchev–Trinajstić information content (AvgIpc) is 2.63. The van der Waals surface area contributed by atoms with Crippen LogP contribution in [0.15, 0.2) is 47.3 Å². The highest BCUT2D eigenvalue weighted by molar-refractivity contribution is 6.11. The number of benzene rings is 2. The Balaban J connectivity index is 2.15. The number of carbonyl (C=O) groups excluding carboxylic acids is 1. The number of carbonyl (C=O) groups is 1. The van der Waals surface area contributed by atoms with E-state index >= 15 is 0 Å². The predicted molar refractivity (Wildman–Crippen MR) is 105 cm³/mol. The molecule has 0 saturated heterocycles. The minimum atomic E-state index is -0.306. The maximum atomic E-state index is 13.0. The van der Waals surface area contributed by atoms with E-state index in [4.69, 9.17) is 0 Å². The summed E-state index contributed by atoms with van der Waals surface area (Å²) in [6.07, 6.45) is 0.816. The molecule has 1 heterocycles. The molecule has 2 aromatic carbocycles. The number of hydrogen-bond acceptors (Lipinski definition) is 3. The fraction of sp³-hybridized carbons (Fsp3) is 0.286. The number of rotatable bonds is 4. The summed E-state index contributed by atoms with van der Waals surface area (Å²) in [5.41, 5.74) is 2.96. The Hall–Kier alpha value is -2.95. The number of hydrogen-bond donors (Lipinski definition) is 1. The molecule has 0 aliphatic heterocycles. The van der Waals surface area contributed by atoms with Crippen LogP contribution in [0, 0.1) is 6.92 Å². The summed E-state index contributed by atoms with van der Waals surface area (Å²) in [5.74, 6) is -0.306. The highest BCUT2D eigenvalue weighted by Gasteiger charge is 2.19. The van der Waals surface area contributed by atoms with Crippen molar-refractivity contribution in [2.45, 2.75) is 40.2 Å². The minimum absolute atomic E-state index is 0.136. The number of aromatic nitrogens is 2. The summed E-state index contributed by atoms with van der Waals surface area (Å²) in [4.78, 5) is 25.7. The molecule has 0 saturated carbocycles. The van der Waals surface area contributed by atoms with Crippen LogP contribution in [-0.2, 0) is 6.42 Å². The van der Waals surface area contributed by atoms with E-state index in [2.05, 4.69) is 17.3 Å². The van der Waals surface area contributed by atoms with Gasteiger partial charge in [0, 0.05) is 11.1 Å². The summed E-state index contributed by atoms with van der Waals surface area (Å²) >= 11 is 0. The van der Waals surface area contributed by atoms with Crippen molar-refractivity contribution in [1.29, 1.82) is 0 Å². The molecule has 1 N–H and O–H groups in total. The third kappa shape index (κ3) is 3.12. The van der Waals surface area contributed by atoms with Crippen molar-refractivity contribution in [2.75, 3.05) is 5.32 Å². The summed E-state index contributed by atoms with van der Waals surface area (Å²) in [6.45, 7) is 7.77. The van der Waals surface area contributed by atoms with Gasteiger partial charge < -0.3 is 5.32 Å². The van der Waals surface area contributed by atoms with E-state index in [0.717, 1.165) is 23.2 Å². The Labute approximate surface area is 152 Å². The van der Waals surface area contributed by atoms with Crippen molar-refractivity contribution in [1.82, 2.24) is 9.78 Å². The molecule has 5 nitrogen and oxygen atoms in total. The lowest BCUT2D eigenvalue weighted by atomic mass is 10.1. The number of anilines is 1. The van der Waals surface area contributed by atoms with Crippen LogP contribution in [0.25, 0.3) is 10.8 Å². The molecule has 0 radical (unpaired) electrons. The zero-order valence-electron chi connectivity index (χ0n) is 15.5. The second-order valence-electron chi connectivity index (χ2n) is 6.65. The molecule has 0 spiro atoms. The molecule has 26 heavy (non-hydrogen) atoms. The molecule has 0 unspecified atom stereocenters. The molecule has 0 aliphatic carbocycles. The van der Waals surface area contributed by atoms with Crippen LogP contribution < -0.4 is 10.9 Å². The third-order valence-electron chi connectivity index (χ3n) is 4.51. The topological polar surface area (TPSA) is 64.0 Å². The predicted octanol–water partition coefficient (Wildman–Crippen LogP) is 4.10. The van der Waals surface area contributed by atoms with Gasteiger partial charge in [-0.15, -0.1) is 0 Å². The molecule has 1 aromatic heterocycles. The fourth-order valence-electron chi connectivity index (χ4n) is 3.10. The van der Waals surface area contributed by atoms with Crippen molar-refractivity contribution in [3.63, 3.8) is 0 Å². The molecular formula is C21H23N3O2. The average molecular weight is 349 g/mol. The van der Waals surface area contributed by atoms with Crippen LogP contribution in [-0.4, -0.2) is 15.7 Å². The van der Waals surface area contributed by atoms with Gasteiger partial charge in [0.1, 0.15) is 0 Å². The van der Waals surface area contributed by atoms with E-state index in [0.29, 0.717) is 10.8 Å². The summed E-state index contributed by atoms with van der Waals surface area (Å²) in [7, 11) is 0. The molecule has 0 bridgehead atoms. The molecule has 3 aromatic rings. The van der Waals surface area contributed by atoms with Crippen LogP contribution in [0.5, 0.6) is 0 Å². The summed E-state index contributed by atoms with van der Waals surface area (Å²) in [5, 5.41) is 8.45. The van der Waals surface area contributed by atoms with Crippen LogP contribution in [0.2, 0.25) is 0 Å². The van der Waals surface area contributed by atoms with Crippen molar-refractivity contribution in [3.8, 4) is 0 Å². The van der Waals surface area contributed by atoms with Gasteiger partial charge in [-0.3, -0.25) is 9.59 Å². The molecule has 1 amide bonds. The van der Waals surface area contributed by atoms with Crippen LogP contribution in [0.3, 0.4) is 0 Å². The van der Waals surface area contributed by atoms with E-state index in [1.807, 2.05) is 45.0 Å². The highest BCUT2D eigenvalue weighted by atomic mass is 16.2. The number of para-hydroxylation sites is 1. The quantitative estimate of drug-likeness (QED) is 0.771. The van der Waals surface area contributed by atoms with Gasteiger partial charge in [0.25, 0.3) is 11.5 Å². The second kappa shape index (κ2) is 7.12. The first-order valence-corrected chi connectivity index (χ1v) is 8.85. The number of fused-ring (bicyclic) bond motifs is 1. The van der Waals surface area contributed by atoms with Gasteiger partial charge in [0.2, 0.25) is 0 Å². The number of nitrogens with zero attached hydrogens (tertiary/aromatic N) is 2. The fourth-order valence-corrected chi connectivity index (χ4v) is 3.10. The second-order valence-corrected chi connectivity index (χ2v) is 6.65. The maximum absolute atomic E-state index is 13.0. The minimum Gasteiger partial charge on any atom is -0.320 e. The molecule has 134 valence electrons. The van der Waals surface area contributed by atoms with E-state index < -0.39 is 0 Å². The zero-order valence-corrected chi connectivity index (χ0v) is 15.5. The Morgan fingerprint density at radius 3 is 2.46 bits per heavy atom. The Bertz CT molecular complexity index is 1040. The lowest BCUT2D eigenvalue weighted by Gasteiger charge is -2.15. The lowest BCUT2D eigenvalue weighted by Crippen LogP contribution is -2.29. The van der Waals surface area contributed by atoms with Gasteiger partial charge in [-0.1, -0.05) is 43.3 Å². The van der Waals surface area contributed by atoms with Crippen molar-refractivity contribution in [3.05, 3.63) is 69.6 Å². The van der Waals surface area contributed by atoms with Crippen LogP contribution in [0.4, 0.5) is 5.69 Å². The number of aryl methyl sites for hydroxylation is 2. The molecule has 3 rings (SSSR count). The van der Waals surface area contributed by atoms with Crippen LogP contribution in [0.1, 0.15) is 48.4 Å². The SMILES string of the molecule is CCc1cccc(C)c1NC(=O)c1nn(C(C)C)c(=O)c2ccccc12. The van der Waals surface area contributed by atoms with E-state index in [9.17, 15) is 9.59 Å². The first-order valence-electron chi connectivity index (χ1n) is 8.85. The normalized spacial score (nSPS) is 11.1. The van der Waals surface area contributed by atoms with E-state index in [1.165, 1.54) is 4.68 Å². The van der Waals surface area contributed by atoms with Crippen LogP contribution >= 0.6 is 0 Å². The Morgan fingerprint density at radius 2 is 1.81 bits per heavy atom. The Kier molecular flexibility index (Phi) is 4.89. The first kappa shape index (κ1) is 17.9. The monoisotopic (exact) mass is 349 g/mol. The van der Waals surface area contributed by atoms with Gasteiger partial charge in [0.15, 0.2) is 5.69 Å². The highest BCUT2D eigenvalue weighted by Crippen LogP contribution is 2.23. The van der Waals surface area contributed by atoms with Gasteiger partial charge >= 0.3 is 0 Å². The van der Waals surface area contributed by atoms with Gasteiger partial charge in [-0.2, -0.15) is 5.10 Å². The van der Waals surface area contributed by atoms with Crippen molar-refractivity contribution >= 4 is 22.4 Å². The van der Waals surface area contributed by atoms with E-state index in [1.54, 1.807) is 18.2 Å². The standard InChI is InChI=1S/C21H23N3O2/c1-5-15-10-8-9-14(4)18(15)22-20(25)19-16-11-6-7-12-17(16)21(26)24(23-19)13(2)3/h6-13H,5H2,1-4H3,(H,22,25). The smallest absolute Gasteiger partial charge is 0.276 e. The van der Waals surface area contributed by atoms with E-state index in [-0.39, 0.29) is 23.2 Å². The van der Waals surface area contributed by atoms with Gasteiger partial charge in [0.05, 0.1) is 11.4 Å². The van der Waals surface area contributed by atoms with Crippen molar-refractivity contribution < 1.29 is 4.79 Å². The van der Waals surface area contributed by atoms with Crippen molar-refractivity contribution in [2.24, 2.45) is 0 Å². The molecule has 0 atom stereocenters. The summed E-state index contributed by atoms with van der Waals surface area (Å²) < 4.78 is 1.37. The lowest BCUT2D eigenvalue weighted by molar-refractivity contribution is 0.102. The first-order chi connectivity index (χ1) is 12.4. The zero-order chi connectivity index (χ0) is 18.8. The number of nitrogens with one attached hydrogen (secondary N) is 1. The third-order valence-corrected chi connectivity index (χ3v) is 4.51. The molecule has 0 aliphatic rings. The van der Waals surface area contributed by atoms with Gasteiger partial charge in [-0.25, -0.2) is 4.68 Å². The maximum Gasteiger partial charge on any atom is 0.276 e. The molecule has 0 fully saturated rings. The Morgan fingerprint density at radius 1 is 1.12 bits per heavy atom. The molecular weight excluding hydrogens is 326 g/mol. The van der Waals surface area contributed by atoms with Gasteiger partial charge in [-0.05, 0) is 44.4 Å². The molecule has 5 heteroatoms. The number of amides is 1. The summed E-state index contributed by atoms with van der Waals surface area (Å²) in [6, 6.07) is 12.9.